The maximum Gasteiger partial charge on any atom is 0.0954 e. The zero-order valence-electron chi connectivity index (χ0n) is 5.52. The van der Waals surface area contributed by atoms with Gasteiger partial charge in [-0.3, -0.25) is 4.90 Å². The van der Waals surface area contributed by atoms with Crippen LogP contribution in [0.3, 0.4) is 0 Å². The van der Waals surface area contributed by atoms with E-state index in [0.717, 1.165) is 18.5 Å². The first kappa shape index (κ1) is 6.42. The maximum atomic E-state index is 5.33. The highest BCUT2D eigenvalue weighted by Gasteiger charge is 2.15. The van der Waals surface area contributed by atoms with E-state index in [1.54, 1.807) is 0 Å². The van der Waals surface area contributed by atoms with Gasteiger partial charge >= 0.3 is 0 Å². The average Bonchev–Trinajstić information content (AvgIpc) is 2.14. The highest BCUT2D eigenvalue weighted by molar-refractivity contribution is 5.20. The summed E-state index contributed by atoms with van der Waals surface area (Å²) in [6.45, 7) is 4.00. The van der Waals surface area contributed by atoms with Crippen LogP contribution in [0.15, 0.2) is 11.4 Å². The molecule has 1 aliphatic heterocycles. The molecule has 1 aliphatic rings. The minimum absolute atomic E-state index is 0.402. The molecule has 9 heavy (non-hydrogen) atoms. The molecule has 0 aromatic rings. The van der Waals surface area contributed by atoms with Gasteiger partial charge in [0.15, 0.2) is 0 Å². The SMILES string of the molecule is CN1[C]C(=C(N)N)CC1. The van der Waals surface area contributed by atoms with Crippen LogP contribution in [0, 0.1) is 6.54 Å². The molecule has 1 fully saturated rings. The van der Waals surface area contributed by atoms with E-state index in [1.807, 2.05) is 11.9 Å². The Labute approximate surface area is 55.3 Å². The molecule has 3 nitrogen and oxygen atoms in total. The van der Waals surface area contributed by atoms with E-state index in [0.29, 0.717) is 5.82 Å². The molecular formula is C6H11N3. The molecule has 0 atom stereocenters. The molecule has 4 N–H and O–H groups in total. The molecule has 2 radical (unpaired) electrons. The predicted octanol–water partition coefficient (Wildman–Crippen LogP) is -0.510. The molecule has 1 rings (SSSR count). The van der Waals surface area contributed by atoms with Crippen molar-refractivity contribution in [2.45, 2.75) is 6.42 Å². The summed E-state index contributed by atoms with van der Waals surface area (Å²) in [5.74, 6) is 0.402. The minimum Gasteiger partial charge on any atom is -0.386 e. The standard InChI is InChI=1S/C6H11N3/c1-9-3-2-5(4-9)6(7)8/h2-3,7-8H2,1H3. The van der Waals surface area contributed by atoms with Crippen molar-refractivity contribution in [2.24, 2.45) is 11.5 Å². The lowest BCUT2D eigenvalue weighted by Crippen LogP contribution is -2.12. The fraction of sp³-hybridized carbons (Fsp3) is 0.500. The summed E-state index contributed by atoms with van der Waals surface area (Å²) in [5.41, 5.74) is 11.6. The van der Waals surface area contributed by atoms with Crippen LogP contribution in [0.2, 0.25) is 0 Å². The van der Waals surface area contributed by atoms with Gasteiger partial charge in [-0.1, -0.05) is 0 Å². The smallest absolute Gasteiger partial charge is 0.0954 e. The molecule has 0 bridgehead atoms. The minimum atomic E-state index is 0.402. The van der Waals surface area contributed by atoms with Crippen LogP contribution in [0.1, 0.15) is 6.42 Å². The summed E-state index contributed by atoms with van der Waals surface area (Å²) >= 11 is 0. The van der Waals surface area contributed by atoms with Crippen LogP contribution >= 0.6 is 0 Å². The molecular weight excluding hydrogens is 114 g/mol. The van der Waals surface area contributed by atoms with Crippen molar-refractivity contribution in [1.82, 2.24) is 4.90 Å². The van der Waals surface area contributed by atoms with Gasteiger partial charge in [0.1, 0.15) is 0 Å². The molecule has 0 amide bonds. The summed E-state index contributed by atoms with van der Waals surface area (Å²) < 4.78 is 0. The van der Waals surface area contributed by atoms with Crippen LogP contribution in [-0.4, -0.2) is 18.5 Å². The van der Waals surface area contributed by atoms with Crippen LogP contribution in [0.5, 0.6) is 0 Å². The Kier molecular flexibility index (Phi) is 1.62. The van der Waals surface area contributed by atoms with Gasteiger partial charge < -0.3 is 11.5 Å². The summed E-state index contributed by atoms with van der Waals surface area (Å²) in [5, 5.41) is 0. The Morgan fingerprint density at radius 1 is 1.67 bits per heavy atom. The Balaban J connectivity index is 2.58. The first-order chi connectivity index (χ1) is 4.20. The molecule has 0 aromatic heterocycles. The lowest BCUT2D eigenvalue weighted by atomic mass is 10.2. The number of likely N-dealkylation sites (tertiary alicyclic amines) is 1. The lowest BCUT2D eigenvalue weighted by molar-refractivity contribution is 0.475. The van der Waals surface area contributed by atoms with Crippen LogP contribution in [-0.2, 0) is 0 Å². The van der Waals surface area contributed by atoms with E-state index in [1.165, 1.54) is 0 Å². The molecule has 3 heteroatoms. The fourth-order valence-electron chi connectivity index (χ4n) is 0.831. The molecule has 0 spiro atoms. The number of rotatable bonds is 0. The lowest BCUT2D eigenvalue weighted by Gasteiger charge is -2.01. The molecule has 0 aromatic carbocycles. The second kappa shape index (κ2) is 2.27. The number of hydrogen-bond acceptors (Lipinski definition) is 3. The molecule has 1 heterocycles. The Bertz CT molecular complexity index is 135. The van der Waals surface area contributed by atoms with Crippen molar-refractivity contribution >= 4 is 0 Å². The van der Waals surface area contributed by atoms with Gasteiger partial charge in [-0.25, -0.2) is 0 Å². The molecule has 1 saturated heterocycles. The predicted molar refractivity (Wildman–Crippen MR) is 35.9 cm³/mol. The summed E-state index contributed by atoms with van der Waals surface area (Å²) in [6.07, 6.45) is 0.929. The summed E-state index contributed by atoms with van der Waals surface area (Å²) in [7, 11) is 1.95. The van der Waals surface area contributed by atoms with Crippen LogP contribution < -0.4 is 11.5 Å². The Morgan fingerprint density at radius 2 is 2.33 bits per heavy atom. The number of likely N-dealkylation sites (N-methyl/N-ethyl adjacent to an activating group) is 1. The van der Waals surface area contributed by atoms with Crippen molar-refractivity contribution < 1.29 is 0 Å². The van der Waals surface area contributed by atoms with Crippen molar-refractivity contribution in [3.05, 3.63) is 17.9 Å². The fourth-order valence-corrected chi connectivity index (χ4v) is 0.831. The number of nitrogens with zero attached hydrogens (tertiary/aromatic N) is 1. The van der Waals surface area contributed by atoms with E-state index >= 15 is 0 Å². The Hall–Kier alpha value is -0.700. The van der Waals surface area contributed by atoms with Gasteiger partial charge in [-0.05, 0) is 19.0 Å². The number of hydrogen-bond donors (Lipinski definition) is 2. The summed E-state index contributed by atoms with van der Waals surface area (Å²) in [4.78, 5) is 1.95. The highest BCUT2D eigenvalue weighted by Crippen LogP contribution is 2.17. The van der Waals surface area contributed by atoms with E-state index in [9.17, 15) is 0 Å². The largest absolute Gasteiger partial charge is 0.386 e. The van der Waals surface area contributed by atoms with E-state index in [-0.39, 0.29) is 0 Å². The molecule has 0 unspecified atom stereocenters. The third kappa shape index (κ3) is 1.36. The van der Waals surface area contributed by atoms with Crippen LogP contribution in [0.25, 0.3) is 0 Å². The first-order valence-corrected chi connectivity index (χ1v) is 2.92. The van der Waals surface area contributed by atoms with Gasteiger partial charge in [0.2, 0.25) is 0 Å². The maximum absolute atomic E-state index is 5.33. The quantitative estimate of drug-likeness (QED) is 0.458. The monoisotopic (exact) mass is 125 g/mol. The third-order valence-electron chi connectivity index (χ3n) is 1.37. The molecule has 0 saturated carbocycles. The highest BCUT2D eigenvalue weighted by atomic mass is 15.1. The zero-order valence-corrected chi connectivity index (χ0v) is 5.52. The van der Waals surface area contributed by atoms with Gasteiger partial charge in [0, 0.05) is 6.54 Å². The normalized spacial score (nSPS) is 20.8. The van der Waals surface area contributed by atoms with E-state index in [4.69, 9.17) is 11.5 Å². The second-order valence-corrected chi connectivity index (χ2v) is 2.22. The second-order valence-electron chi connectivity index (χ2n) is 2.22. The van der Waals surface area contributed by atoms with Crippen molar-refractivity contribution in [1.29, 1.82) is 0 Å². The molecule has 0 aliphatic carbocycles. The van der Waals surface area contributed by atoms with Gasteiger partial charge in [0.05, 0.1) is 12.4 Å². The van der Waals surface area contributed by atoms with Gasteiger partial charge in [-0.15, -0.1) is 0 Å². The van der Waals surface area contributed by atoms with Crippen LogP contribution in [0.4, 0.5) is 0 Å². The first-order valence-electron chi connectivity index (χ1n) is 2.92. The average molecular weight is 125 g/mol. The third-order valence-corrected chi connectivity index (χ3v) is 1.37. The van der Waals surface area contributed by atoms with Crippen molar-refractivity contribution in [3.63, 3.8) is 0 Å². The molecule has 50 valence electrons. The number of nitrogens with two attached hydrogens (primary N) is 2. The zero-order chi connectivity index (χ0) is 6.85. The topological polar surface area (TPSA) is 55.3 Å². The van der Waals surface area contributed by atoms with Gasteiger partial charge in [-0.2, -0.15) is 0 Å². The van der Waals surface area contributed by atoms with Gasteiger partial charge in [0.25, 0.3) is 0 Å². The van der Waals surface area contributed by atoms with E-state index < -0.39 is 0 Å². The van der Waals surface area contributed by atoms with Crippen molar-refractivity contribution in [2.75, 3.05) is 13.6 Å². The van der Waals surface area contributed by atoms with Crippen molar-refractivity contribution in [3.8, 4) is 0 Å². The Morgan fingerprint density at radius 3 is 2.56 bits per heavy atom. The van der Waals surface area contributed by atoms with E-state index in [2.05, 4.69) is 6.54 Å². The summed E-state index contributed by atoms with van der Waals surface area (Å²) in [6, 6.07) is 0.